The maximum Gasteiger partial charge on any atom is 0.169 e. The number of hydrogen-bond acceptors (Lipinski definition) is 2. The molecule has 4 heteroatoms. The summed E-state index contributed by atoms with van der Waals surface area (Å²) in [7, 11) is 0. The van der Waals surface area contributed by atoms with Gasteiger partial charge in [-0.25, -0.2) is 0 Å². The summed E-state index contributed by atoms with van der Waals surface area (Å²) in [4.78, 5) is 4.89. The lowest BCUT2D eigenvalue weighted by molar-refractivity contribution is 0.345. The molecule has 4 rings (SSSR count). The third-order valence-corrected chi connectivity index (χ3v) is 6.91. The molecule has 0 radical (unpaired) electrons. The van der Waals surface area contributed by atoms with Crippen molar-refractivity contribution in [2.24, 2.45) is 11.8 Å². The first-order valence-corrected chi connectivity index (χ1v) is 9.89. The SMILES string of the molecule is Cc1cccc(N2CCN(C(=S)N[C@@H]3C[C@H]4CC[C@H]3C4)CC2)c1C. The van der Waals surface area contributed by atoms with Crippen LogP contribution < -0.4 is 10.2 Å². The van der Waals surface area contributed by atoms with Gasteiger partial charge in [-0.05, 0) is 74.4 Å². The maximum atomic E-state index is 5.72. The quantitative estimate of drug-likeness (QED) is 0.828. The molecule has 1 heterocycles. The van der Waals surface area contributed by atoms with Crippen molar-refractivity contribution in [3.05, 3.63) is 29.3 Å². The molecule has 24 heavy (non-hydrogen) atoms. The molecule has 1 aromatic rings. The van der Waals surface area contributed by atoms with Gasteiger partial charge in [0.05, 0.1) is 0 Å². The van der Waals surface area contributed by atoms with E-state index in [2.05, 4.69) is 47.2 Å². The van der Waals surface area contributed by atoms with Crippen LogP contribution in [0.1, 0.15) is 36.8 Å². The first kappa shape index (κ1) is 16.2. The van der Waals surface area contributed by atoms with Gasteiger partial charge >= 0.3 is 0 Å². The van der Waals surface area contributed by atoms with Gasteiger partial charge in [0.15, 0.2) is 5.11 Å². The number of thiocarbonyl (C=S) groups is 1. The Balaban J connectivity index is 1.32. The van der Waals surface area contributed by atoms with E-state index in [1.807, 2.05) is 0 Å². The molecule has 2 saturated carbocycles. The van der Waals surface area contributed by atoms with Gasteiger partial charge in [-0.3, -0.25) is 0 Å². The van der Waals surface area contributed by atoms with Gasteiger partial charge < -0.3 is 15.1 Å². The zero-order chi connectivity index (χ0) is 16.7. The third kappa shape index (κ3) is 3.01. The smallest absolute Gasteiger partial charge is 0.169 e. The molecule has 2 aliphatic carbocycles. The Morgan fingerprint density at radius 2 is 1.88 bits per heavy atom. The number of benzene rings is 1. The highest BCUT2D eigenvalue weighted by Crippen LogP contribution is 2.44. The number of anilines is 1. The van der Waals surface area contributed by atoms with E-state index >= 15 is 0 Å². The molecule has 0 unspecified atom stereocenters. The Hall–Kier alpha value is -1.29. The zero-order valence-electron chi connectivity index (χ0n) is 14.9. The van der Waals surface area contributed by atoms with E-state index in [0.717, 1.165) is 43.1 Å². The summed E-state index contributed by atoms with van der Waals surface area (Å²) in [6, 6.07) is 7.27. The van der Waals surface area contributed by atoms with E-state index in [4.69, 9.17) is 12.2 Å². The minimum atomic E-state index is 0.647. The Morgan fingerprint density at radius 1 is 1.08 bits per heavy atom. The molecule has 130 valence electrons. The molecule has 3 fully saturated rings. The number of nitrogens with zero attached hydrogens (tertiary/aromatic N) is 2. The summed E-state index contributed by atoms with van der Waals surface area (Å²) < 4.78 is 0. The van der Waals surface area contributed by atoms with Crippen molar-refractivity contribution in [1.82, 2.24) is 10.2 Å². The molecule has 1 aromatic carbocycles. The summed E-state index contributed by atoms with van der Waals surface area (Å²) in [6.45, 7) is 8.60. The first-order chi connectivity index (χ1) is 11.6. The van der Waals surface area contributed by atoms with E-state index in [1.165, 1.54) is 42.5 Å². The lowest BCUT2D eigenvalue weighted by Crippen LogP contribution is -2.54. The molecule has 0 amide bonds. The topological polar surface area (TPSA) is 18.5 Å². The molecule has 0 aromatic heterocycles. The van der Waals surface area contributed by atoms with Gasteiger partial charge in [0.25, 0.3) is 0 Å². The third-order valence-electron chi connectivity index (χ3n) is 6.53. The minimum Gasteiger partial charge on any atom is -0.368 e. The summed E-state index contributed by atoms with van der Waals surface area (Å²) in [5.74, 6) is 1.85. The predicted octanol–water partition coefficient (Wildman–Crippen LogP) is 3.49. The lowest BCUT2D eigenvalue weighted by atomic mass is 9.95. The van der Waals surface area contributed by atoms with Gasteiger partial charge in [-0.15, -0.1) is 0 Å². The van der Waals surface area contributed by atoms with Crippen LogP contribution >= 0.6 is 12.2 Å². The summed E-state index contributed by atoms with van der Waals surface area (Å²) in [5, 5.41) is 4.69. The van der Waals surface area contributed by atoms with Crippen LogP contribution in [0.25, 0.3) is 0 Å². The van der Waals surface area contributed by atoms with Crippen molar-refractivity contribution >= 4 is 23.0 Å². The van der Waals surface area contributed by atoms with Gasteiger partial charge in [-0.1, -0.05) is 18.6 Å². The van der Waals surface area contributed by atoms with Crippen LogP contribution in [0.4, 0.5) is 5.69 Å². The second kappa shape index (κ2) is 6.55. The largest absolute Gasteiger partial charge is 0.368 e. The van der Waals surface area contributed by atoms with Gasteiger partial charge in [0.2, 0.25) is 0 Å². The molecule has 1 saturated heterocycles. The van der Waals surface area contributed by atoms with Crippen LogP contribution in [0, 0.1) is 25.7 Å². The molecular weight excluding hydrogens is 314 g/mol. The van der Waals surface area contributed by atoms with Crippen LogP contribution in [0.3, 0.4) is 0 Å². The van der Waals surface area contributed by atoms with Gasteiger partial charge in [0.1, 0.15) is 0 Å². The minimum absolute atomic E-state index is 0.647. The van der Waals surface area contributed by atoms with Crippen LogP contribution in [-0.2, 0) is 0 Å². The van der Waals surface area contributed by atoms with E-state index in [9.17, 15) is 0 Å². The van der Waals surface area contributed by atoms with E-state index in [1.54, 1.807) is 0 Å². The molecule has 0 spiro atoms. The molecule has 1 N–H and O–H groups in total. The van der Waals surface area contributed by atoms with E-state index in [-0.39, 0.29) is 0 Å². The Bertz CT molecular complexity index is 621. The highest BCUT2D eigenvalue weighted by molar-refractivity contribution is 7.80. The number of fused-ring (bicyclic) bond motifs is 2. The fraction of sp³-hybridized carbons (Fsp3) is 0.650. The van der Waals surface area contributed by atoms with Crippen LogP contribution in [0.5, 0.6) is 0 Å². The Kier molecular flexibility index (Phi) is 4.42. The average molecular weight is 344 g/mol. The van der Waals surface area contributed by atoms with Crippen LogP contribution in [0.2, 0.25) is 0 Å². The Morgan fingerprint density at radius 3 is 2.54 bits per heavy atom. The van der Waals surface area contributed by atoms with Gasteiger partial charge in [-0.2, -0.15) is 0 Å². The van der Waals surface area contributed by atoms with Gasteiger partial charge in [0, 0.05) is 37.9 Å². The second-order valence-electron chi connectivity index (χ2n) is 7.92. The van der Waals surface area contributed by atoms with E-state index < -0.39 is 0 Å². The van der Waals surface area contributed by atoms with Crippen LogP contribution in [0.15, 0.2) is 18.2 Å². The summed E-state index contributed by atoms with van der Waals surface area (Å²) >= 11 is 5.72. The van der Waals surface area contributed by atoms with Crippen molar-refractivity contribution in [3.63, 3.8) is 0 Å². The fourth-order valence-corrected chi connectivity index (χ4v) is 5.23. The normalized spacial score (nSPS) is 29.2. The number of rotatable bonds is 2. The van der Waals surface area contributed by atoms with Crippen molar-refractivity contribution < 1.29 is 0 Å². The number of nitrogens with one attached hydrogen (secondary N) is 1. The van der Waals surface area contributed by atoms with E-state index in [0.29, 0.717) is 6.04 Å². The highest BCUT2D eigenvalue weighted by atomic mass is 32.1. The molecular formula is C20H29N3S. The summed E-state index contributed by atoms with van der Waals surface area (Å²) in [5.41, 5.74) is 4.18. The second-order valence-corrected chi connectivity index (χ2v) is 8.31. The Labute approximate surface area is 151 Å². The van der Waals surface area contributed by atoms with Crippen molar-refractivity contribution in [1.29, 1.82) is 0 Å². The number of aryl methyl sites for hydroxylation is 1. The predicted molar refractivity (Wildman–Crippen MR) is 105 cm³/mol. The zero-order valence-corrected chi connectivity index (χ0v) is 15.7. The monoisotopic (exact) mass is 343 g/mol. The first-order valence-electron chi connectivity index (χ1n) is 9.48. The number of piperazine rings is 1. The molecule has 2 bridgehead atoms. The van der Waals surface area contributed by atoms with Crippen molar-refractivity contribution in [3.8, 4) is 0 Å². The fourth-order valence-electron chi connectivity index (χ4n) is 4.90. The maximum absolute atomic E-state index is 5.72. The molecule has 3 atom stereocenters. The van der Waals surface area contributed by atoms with Crippen molar-refractivity contribution in [2.75, 3.05) is 31.1 Å². The lowest BCUT2D eigenvalue weighted by Gasteiger charge is -2.39. The van der Waals surface area contributed by atoms with Crippen LogP contribution in [-0.4, -0.2) is 42.2 Å². The summed E-state index contributed by atoms with van der Waals surface area (Å²) in [6.07, 6.45) is 5.63. The molecule has 3 nitrogen and oxygen atoms in total. The molecule has 1 aliphatic heterocycles. The average Bonchev–Trinajstić information content (AvgIpc) is 3.20. The standard InChI is InChI=1S/C20H29N3S/c1-14-4-3-5-19(15(14)2)22-8-10-23(11-9-22)20(24)21-18-13-16-6-7-17(18)12-16/h3-5,16-18H,6-13H2,1-2H3,(H,21,24)/t16-,17-,18+/m0/s1. The molecule has 3 aliphatic rings. The van der Waals surface area contributed by atoms with Crippen molar-refractivity contribution in [2.45, 2.75) is 45.6 Å². The highest BCUT2D eigenvalue weighted by Gasteiger charge is 2.40. The number of hydrogen-bond donors (Lipinski definition) is 1.